The summed E-state index contributed by atoms with van der Waals surface area (Å²) in [5, 5.41) is 2.68. The van der Waals surface area contributed by atoms with E-state index in [1.165, 1.54) is 20.3 Å². The van der Waals surface area contributed by atoms with Crippen LogP contribution in [0.15, 0.2) is 41.3 Å². The van der Waals surface area contributed by atoms with Crippen LogP contribution in [0.25, 0.3) is 0 Å². The second-order valence-electron chi connectivity index (χ2n) is 7.64. The van der Waals surface area contributed by atoms with Gasteiger partial charge in [0.05, 0.1) is 30.6 Å². The van der Waals surface area contributed by atoms with Gasteiger partial charge in [-0.3, -0.25) is 9.59 Å². The Hall–Kier alpha value is -3.07. The predicted molar refractivity (Wildman–Crippen MR) is 122 cm³/mol. The molecule has 0 bridgehead atoms. The van der Waals surface area contributed by atoms with Gasteiger partial charge in [-0.2, -0.15) is 0 Å². The van der Waals surface area contributed by atoms with Crippen LogP contribution in [0.3, 0.4) is 0 Å². The summed E-state index contributed by atoms with van der Waals surface area (Å²) in [6.45, 7) is 3.75. The molecule has 172 valence electrons. The van der Waals surface area contributed by atoms with E-state index in [4.69, 9.17) is 9.47 Å². The van der Waals surface area contributed by atoms with Crippen molar-refractivity contribution >= 4 is 33.0 Å². The van der Waals surface area contributed by atoms with Crippen LogP contribution < -0.4 is 19.7 Å². The number of nitrogens with zero attached hydrogens (tertiary/aromatic N) is 1. The van der Waals surface area contributed by atoms with Gasteiger partial charge in [0.2, 0.25) is 11.8 Å². The van der Waals surface area contributed by atoms with E-state index in [1.54, 1.807) is 42.2 Å². The average Bonchev–Trinajstić information content (AvgIpc) is 3.12. The summed E-state index contributed by atoms with van der Waals surface area (Å²) in [6, 6.07) is 9.73. The minimum absolute atomic E-state index is 0.0116. The molecule has 2 aromatic carbocycles. The zero-order valence-corrected chi connectivity index (χ0v) is 19.5. The summed E-state index contributed by atoms with van der Waals surface area (Å²) >= 11 is 0. The number of carbonyl (C=O) groups is 2. The van der Waals surface area contributed by atoms with E-state index in [1.807, 2.05) is 6.92 Å². The zero-order valence-electron chi connectivity index (χ0n) is 18.7. The predicted octanol–water partition coefficient (Wildman–Crippen LogP) is 3.19. The molecule has 1 N–H and O–H groups in total. The van der Waals surface area contributed by atoms with Gasteiger partial charge in [-0.25, -0.2) is 8.42 Å². The van der Waals surface area contributed by atoms with Crippen molar-refractivity contribution in [1.82, 2.24) is 0 Å². The van der Waals surface area contributed by atoms with Gasteiger partial charge in [0.1, 0.15) is 11.5 Å². The van der Waals surface area contributed by atoms with Gasteiger partial charge in [0, 0.05) is 30.6 Å². The Morgan fingerprint density at radius 2 is 1.88 bits per heavy atom. The minimum atomic E-state index is -3.67. The Bertz CT molecular complexity index is 1130. The maximum atomic E-state index is 12.8. The molecule has 1 aliphatic heterocycles. The van der Waals surface area contributed by atoms with E-state index >= 15 is 0 Å². The molecule has 32 heavy (non-hydrogen) atoms. The van der Waals surface area contributed by atoms with E-state index in [0.717, 1.165) is 11.3 Å². The first-order valence-corrected chi connectivity index (χ1v) is 12.0. The van der Waals surface area contributed by atoms with E-state index in [9.17, 15) is 18.0 Å². The van der Waals surface area contributed by atoms with Crippen molar-refractivity contribution in [1.29, 1.82) is 0 Å². The van der Waals surface area contributed by atoms with Crippen LogP contribution in [0.5, 0.6) is 11.5 Å². The molecule has 0 radical (unpaired) electrons. The molecule has 2 aromatic rings. The summed E-state index contributed by atoms with van der Waals surface area (Å²) < 4.78 is 36.1. The number of hydrogen-bond donors (Lipinski definition) is 1. The summed E-state index contributed by atoms with van der Waals surface area (Å²) in [4.78, 5) is 26.5. The first-order chi connectivity index (χ1) is 15.2. The fraction of sp³-hybridized carbons (Fsp3) is 0.391. The summed E-state index contributed by atoms with van der Waals surface area (Å²) in [5.74, 6) is 0.236. The lowest BCUT2D eigenvalue weighted by atomic mass is 10.1. The third-order valence-corrected chi connectivity index (χ3v) is 7.19. The highest BCUT2D eigenvalue weighted by molar-refractivity contribution is 7.91. The maximum Gasteiger partial charge on any atom is 0.226 e. The van der Waals surface area contributed by atoms with Crippen LogP contribution in [-0.4, -0.2) is 46.2 Å². The van der Waals surface area contributed by atoms with Gasteiger partial charge in [-0.1, -0.05) is 6.92 Å². The molecule has 3 rings (SSSR count). The van der Waals surface area contributed by atoms with Crippen molar-refractivity contribution in [2.24, 2.45) is 0 Å². The highest BCUT2D eigenvalue weighted by Gasteiger charge is 2.31. The number of methoxy groups -OCH3 is 2. The van der Waals surface area contributed by atoms with Gasteiger partial charge in [0.25, 0.3) is 0 Å². The third-order valence-electron chi connectivity index (χ3n) is 5.48. The Kier molecular flexibility index (Phi) is 7.08. The molecular formula is C23H28N2O6S. The zero-order chi connectivity index (χ0) is 23.5. The minimum Gasteiger partial charge on any atom is -0.497 e. The number of benzene rings is 2. The first-order valence-electron chi connectivity index (χ1n) is 10.4. The number of anilines is 2. The molecule has 1 heterocycles. The van der Waals surface area contributed by atoms with Crippen LogP contribution in [0, 0.1) is 0 Å². The van der Waals surface area contributed by atoms with Crippen LogP contribution in [0.4, 0.5) is 11.4 Å². The lowest BCUT2D eigenvalue weighted by Crippen LogP contribution is -2.35. The van der Waals surface area contributed by atoms with E-state index in [-0.39, 0.29) is 29.0 Å². The smallest absolute Gasteiger partial charge is 0.226 e. The van der Waals surface area contributed by atoms with Crippen molar-refractivity contribution in [3.63, 3.8) is 0 Å². The molecule has 0 aromatic heterocycles. The first kappa shape index (κ1) is 23.6. The fourth-order valence-corrected chi connectivity index (χ4v) is 5.10. The van der Waals surface area contributed by atoms with E-state index < -0.39 is 15.7 Å². The standard InChI is InChI=1S/C23H28N2O6S/c1-5-23(27)25-15(2)12-16-13-18(7-9-20(16)25)32(28,29)11-10-22(26)24-19-8-6-17(30-3)14-21(19)31-4/h6-9,13-15H,5,10-12H2,1-4H3,(H,24,26)/t15-/m0/s1. The number of fused-ring (bicyclic) bond motifs is 1. The van der Waals surface area contributed by atoms with Crippen molar-refractivity contribution in [3.8, 4) is 11.5 Å². The topological polar surface area (TPSA) is 102 Å². The molecule has 1 atom stereocenters. The molecule has 0 aliphatic carbocycles. The molecular weight excluding hydrogens is 432 g/mol. The van der Waals surface area contributed by atoms with Crippen molar-refractivity contribution < 1.29 is 27.5 Å². The van der Waals surface area contributed by atoms with E-state index in [2.05, 4.69) is 5.32 Å². The van der Waals surface area contributed by atoms with Crippen molar-refractivity contribution in [2.75, 3.05) is 30.2 Å². The van der Waals surface area contributed by atoms with Gasteiger partial charge in [0.15, 0.2) is 9.84 Å². The van der Waals surface area contributed by atoms with Crippen LogP contribution >= 0.6 is 0 Å². The van der Waals surface area contributed by atoms with E-state index in [0.29, 0.717) is 30.0 Å². The molecule has 0 fully saturated rings. The van der Waals surface area contributed by atoms with Crippen LogP contribution in [-0.2, 0) is 25.8 Å². The Labute approximate surface area is 188 Å². The molecule has 8 nitrogen and oxygen atoms in total. The monoisotopic (exact) mass is 460 g/mol. The average molecular weight is 461 g/mol. The molecule has 0 spiro atoms. The summed E-state index contributed by atoms with van der Waals surface area (Å²) in [5.41, 5.74) is 2.02. The second kappa shape index (κ2) is 9.60. The highest BCUT2D eigenvalue weighted by atomic mass is 32.2. The molecule has 1 aliphatic rings. The second-order valence-corrected chi connectivity index (χ2v) is 9.75. The quantitative estimate of drug-likeness (QED) is 0.649. The lowest BCUT2D eigenvalue weighted by Gasteiger charge is -2.22. The number of hydrogen-bond acceptors (Lipinski definition) is 6. The van der Waals surface area contributed by atoms with Gasteiger partial charge in [-0.05, 0) is 49.2 Å². The number of amides is 2. The number of nitrogens with one attached hydrogen (secondary N) is 1. The van der Waals surface area contributed by atoms with Gasteiger partial charge in [-0.15, -0.1) is 0 Å². The fourth-order valence-electron chi connectivity index (χ4n) is 3.81. The molecule has 0 saturated carbocycles. The Morgan fingerprint density at radius 1 is 1.12 bits per heavy atom. The largest absolute Gasteiger partial charge is 0.497 e. The third kappa shape index (κ3) is 4.88. The maximum absolute atomic E-state index is 12.8. The summed E-state index contributed by atoms with van der Waals surface area (Å²) in [6.07, 6.45) is 0.783. The number of rotatable bonds is 8. The SMILES string of the molecule is CCC(=O)N1c2ccc(S(=O)(=O)CCC(=O)Nc3ccc(OC)cc3OC)cc2C[C@@H]1C. The van der Waals surface area contributed by atoms with Crippen LogP contribution in [0.2, 0.25) is 0 Å². The Balaban J connectivity index is 1.69. The number of sulfone groups is 1. The number of ether oxygens (including phenoxy) is 2. The Morgan fingerprint density at radius 3 is 2.53 bits per heavy atom. The highest BCUT2D eigenvalue weighted by Crippen LogP contribution is 2.34. The van der Waals surface area contributed by atoms with Gasteiger partial charge < -0.3 is 19.7 Å². The van der Waals surface area contributed by atoms with Crippen LogP contribution in [0.1, 0.15) is 32.3 Å². The normalized spacial score (nSPS) is 15.2. The molecule has 0 unspecified atom stereocenters. The van der Waals surface area contributed by atoms with Crippen molar-refractivity contribution in [3.05, 3.63) is 42.0 Å². The van der Waals surface area contributed by atoms with Crippen molar-refractivity contribution in [2.45, 2.75) is 44.0 Å². The molecule has 2 amide bonds. The number of carbonyl (C=O) groups excluding carboxylic acids is 2. The lowest BCUT2D eigenvalue weighted by molar-refractivity contribution is -0.118. The molecule has 9 heteroatoms. The summed E-state index contributed by atoms with van der Waals surface area (Å²) in [7, 11) is -0.676. The van der Waals surface area contributed by atoms with Gasteiger partial charge >= 0.3 is 0 Å². The molecule has 0 saturated heterocycles.